The molecule has 0 aliphatic heterocycles. The first-order valence-electron chi connectivity index (χ1n) is 5.01. The lowest BCUT2D eigenvalue weighted by atomic mass is 10.1. The van der Waals surface area contributed by atoms with Gasteiger partial charge in [-0.15, -0.1) is 0 Å². The van der Waals surface area contributed by atoms with Crippen molar-refractivity contribution in [1.82, 2.24) is 9.78 Å². The minimum Gasteiger partial charge on any atom is -0.481 e. The van der Waals surface area contributed by atoms with Crippen LogP contribution in [-0.2, 0) is 30.6 Å². The van der Waals surface area contributed by atoms with Crippen molar-refractivity contribution >= 4 is 5.97 Å². The predicted octanol–water partition coefficient (Wildman–Crippen LogP) is 1.02. The summed E-state index contributed by atoms with van der Waals surface area (Å²) in [5, 5.41) is 13.2. The first-order valence-corrected chi connectivity index (χ1v) is 5.01. The van der Waals surface area contributed by atoms with E-state index in [1.165, 1.54) is 5.56 Å². The van der Waals surface area contributed by atoms with Gasteiger partial charge in [0.25, 0.3) is 0 Å². The molecule has 4 nitrogen and oxygen atoms in total. The summed E-state index contributed by atoms with van der Waals surface area (Å²) in [5.74, 6) is -0.769. The van der Waals surface area contributed by atoms with Crippen molar-refractivity contribution in [3.8, 4) is 0 Å². The number of aliphatic carboxylic acids is 1. The van der Waals surface area contributed by atoms with Crippen LogP contribution in [0.2, 0.25) is 0 Å². The molecular weight excluding hydrogens is 180 g/mol. The Morgan fingerprint density at radius 2 is 2.36 bits per heavy atom. The summed E-state index contributed by atoms with van der Waals surface area (Å²) in [4.78, 5) is 10.7. The molecule has 0 spiro atoms. The molecule has 0 amide bonds. The topological polar surface area (TPSA) is 55.1 Å². The SMILES string of the molecule is CCn1nc2c(c1CC(=O)O)CCC2. The van der Waals surface area contributed by atoms with E-state index in [4.69, 9.17) is 5.11 Å². The average molecular weight is 194 g/mol. The molecule has 0 saturated heterocycles. The number of rotatable bonds is 3. The molecule has 0 saturated carbocycles. The van der Waals surface area contributed by atoms with E-state index in [0.717, 1.165) is 37.2 Å². The third kappa shape index (κ3) is 1.41. The zero-order valence-electron chi connectivity index (χ0n) is 8.29. The van der Waals surface area contributed by atoms with E-state index >= 15 is 0 Å². The first kappa shape index (κ1) is 9.24. The average Bonchev–Trinajstić information content (AvgIpc) is 2.67. The van der Waals surface area contributed by atoms with Gasteiger partial charge in [-0.1, -0.05) is 0 Å². The smallest absolute Gasteiger partial charge is 0.309 e. The number of hydrogen-bond donors (Lipinski definition) is 1. The summed E-state index contributed by atoms with van der Waals surface area (Å²) >= 11 is 0. The maximum Gasteiger partial charge on any atom is 0.309 e. The third-order valence-corrected chi connectivity index (χ3v) is 2.71. The highest BCUT2D eigenvalue weighted by Crippen LogP contribution is 2.25. The van der Waals surface area contributed by atoms with Gasteiger partial charge >= 0.3 is 5.97 Å². The van der Waals surface area contributed by atoms with Crippen molar-refractivity contribution in [2.45, 2.75) is 39.2 Å². The van der Waals surface area contributed by atoms with Crippen molar-refractivity contribution in [1.29, 1.82) is 0 Å². The van der Waals surface area contributed by atoms with Crippen LogP contribution in [0.5, 0.6) is 0 Å². The van der Waals surface area contributed by atoms with Crippen molar-refractivity contribution in [2.24, 2.45) is 0 Å². The fourth-order valence-corrected chi connectivity index (χ4v) is 2.11. The lowest BCUT2D eigenvalue weighted by Crippen LogP contribution is -2.10. The van der Waals surface area contributed by atoms with Gasteiger partial charge in [0.1, 0.15) is 0 Å². The third-order valence-electron chi connectivity index (χ3n) is 2.71. The maximum absolute atomic E-state index is 10.7. The Kier molecular flexibility index (Phi) is 2.27. The number of carbonyl (C=O) groups is 1. The van der Waals surface area contributed by atoms with Crippen LogP contribution in [0.25, 0.3) is 0 Å². The lowest BCUT2D eigenvalue weighted by Gasteiger charge is -2.03. The van der Waals surface area contributed by atoms with Crippen LogP contribution in [0.1, 0.15) is 30.3 Å². The maximum atomic E-state index is 10.7. The highest BCUT2D eigenvalue weighted by Gasteiger charge is 2.22. The van der Waals surface area contributed by atoms with Gasteiger partial charge in [0.15, 0.2) is 0 Å². The minimum atomic E-state index is -0.769. The van der Waals surface area contributed by atoms with Crippen LogP contribution in [0, 0.1) is 0 Å². The van der Waals surface area contributed by atoms with Crippen LogP contribution in [-0.4, -0.2) is 20.9 Å². The summed E-state index contributed by atoms with van der Waals surface area (Å²) in [5.41, 5.74) is 3.21. The summed E-state index contributed by atoms with van der Waals surface area (Å²) in [6.07, 6.45) is 3.23. The fourth-order valence-electron chi connectivity index (χ4n) is 2.11. The quantitative estimate of drug-likeness (QED) is 0.781. The number of hydrogen-bond acceptors (Lipinski definition) is 2. The summed E-state index contributed by atoms with van der Waals surface area (Å²) in [6, 6.07) is 0. The van der Waals surface area contributed by atoms with E-state index in [1.54, 1.807) is 0 Å². The van der Waals surface area contributed by atoms with Crippen LogP contribution in [0.15, 0.2) is 0 Å². The largest absolute Gasteiger partial charge is 0.481 e. The molecular formula is C10H14N2O2. The molecule has 14 heavy (non-hydrogen) atoms. The van der Waals surface area contributed by atoms with Crippen LogP contribution < -0.4 is 0 Å². The molecule has 0 atom stereocenters. The Hall–Kier alpha value is -1.32. The lowest BCUT2D eigenvalue weighted by molar-refractivity contribution is -0.136. The molecule has 0 aromatic carbocycles. The second-order valence-electron chi connectivity index (χ2n) is 3.61. The Balaban J connectivity index is 2.39. The van der Waals surface area contributed by atoms with Gasteiger partial charge in [-0.2, -0.15) is 5.10 Å². The molecule has 2 rings (SSSR count). The first-order chi connectivity index (χ1) is 6.72. The minimum absolute atomic E-state index is 0.107. The summed E-state index contributed by atoms with van der Waals surface area (Å²) in [7, 11) is 0. The van der Waals surface area contributed by atoms with Gasteiger partial charge in [-0.05, 0) is 31.7 Å². The fraction of sp³-hybridized carbons (Fsp3) is 0.600. The zero-order valence-corrected chi connectivity index (χ0v) is 8.29. The molecule has 1 heterocycles. The number of carboxylic acid groups (broad SMARTS) is 1. The number of aryl methyl sites for hydroxylation is 2. The number of nitrogens with zero attached hydrogens (tertiary/aromatic N) is 2. The van der Waals surface area contributed by atoms with E-state index in [2.05, 4.69) is 5.10 Å². The van der Waals surface area contributed by atoms with Gasteiger partial charge in [-0.3, -0.25) is 9.48 Å². The van der Waals surface area contributed by atoms with E-state index in [1.807, 2.05) is 11.6 Å². The molecule has 1 aromatic heterocycles. The Bertz CT molecular complexity index is 368. The van der Waals surface area contributed by atoms with Crippen molar-refractivity contribution in [3.63, 3.8) is 0 Å². The zero-order chi connectivity index (χ0) is 10.1. The molecule has 1 aliphatic rings. The van der Waals surface area contributed by atoms with Crippen molar-refractivity contribution < 1.29 is 9.90 Å². The molecule has 0 fully saturated rings. The highest BCUT2D eigenvalue weighted by molar-refractivity contribution is 5.70. The van der Waals surface area contributed by atoms with E-state index < -0.39 is 5.97 Å². The normalized spacial score (nSPS) is 14.4. The van der Waals surface area contributed by atoms with E-state index in [9.17, 15) is 4.79 Å². The molecule has 1 aromatic rings. The Morgan fingerprint density at radius 1 is 1.57 bits per heavy atom. The van der Waals surface area contributed by atoms with Gasteiger partial charge in [-0.25, -0.2) is 0 Å². The molecule has 76 valence electrons. The standard InChI is InChI=1S/C10H14N2O2/c1-2-12-9(6-10(13)14)7-4-3-5-8(7)11-12/h2-6H2,1H3,(H,13,14). The predicted molar refractivity (Wildman–Crippen MR) is 51.3 cm³/mol. The summed E-state index contributed by atoms with van der Waals surface area (Å²) < 4.78 is 1.83. The highest BCUT2D eigenvalue weighted by atomic mass is 16.4. The summed E-state index contributed by atoms with van der Waals surface area (Å²) in [6.45, 7) is 2.75. The molecule has 0 radical (unpaired) electrons. The van der Waals surface area contributed by atoms with Crippen molar-refractivity contribution in [2.75, 3.05) is 0 Å². The molecule has 0 unspecified atom stereocenters. The number of fused-ring (bicyclic) bond motifs is 1. The number of carboxylic acids is 1. The molecule has 1 N–H and O–H groups in total. The Morgan fingerprint density at radius 3 is 3.00 bits per heavy atom. The van der Waals surface area contributed by atoms with E-state index in [0.29, 0.717) is 0 Å². The monoisotopic (exact) mass is 194 g/mol. The van der Waals surface area contributed by atoms with Gasteiger partial charge in [0, 0.05) is 6.54 Å². The van der Waals surface area contributed by atoms with Gasteiger partial charge in [0.2, 0.25) is 0 Å². The second-order valence-corrected chi connectivity index (χ2v) is 3.61. The van der Waals surface area contributed by atoms with Crippen LogP contribution in [0.3, 0.4) is 0 Å². The van der Waals surface area contributed by atoms with Crippen molar-refractivity contribution in [3.05, 3.63) is 17.0 Å². The molecule has 4 heteroatoms. The Labute approximate surface area is 82.5 Å². The van der Waals surface area contributed by atoms with Crippen LogP contribution >= 0.6 is 0 Å². The number of aromatic nitrogens is 2. The second kappa shape index (κ2) is 3.44. The molecule has 1 aliphatic carbocycles. The van der Waals surface area contributed by atoms with Crippen LogP contribution in [0.4, 0.5) is 0 Å². The molecule has 0 bridgehead atoms. The van der Waals surface area contributed by atoms with E-state index in [-0.39, 0.29) is 6.42 Å². The van der Waals surface area contributed by atoms with Gasteiger partial charge < -0.3 is 5.11 Å². The van der Waals surface area contributed by atoms with Gasteiger partial charge in [0.05, 0.1) is 17.8 Å².